The zero-order chi connectivity index (χ0) is 24.9. The SMILES string of the molecule is COc1cc2[c](c(-c3cc4ccccc4cn3)c1)[Pb][c]1c(cc(C)cc1-c1cc3ccccc3cn1)C2. The molecule has 0 bridgehead atoms. The van der Waals surface area contributed by atoms with E-state index < -0.39 is 24.2 Å². The summed E-state index contributed by atoms with van der Waals surface area (Å²) in [6.07, 6.45) is 4.92. The Bertz CT molecular complexity index is 1840. The number of hydrogen-bond acceptors (Lipinski definition) is 3. The van der Waals surface area contributed by atoms with Gasteiger partial charge in [0.1, 0.15) is 0 Å². The van der Waals surface area contributed by atoms with Crippen LogP contribution in [0.5, 0.6) is 5.75 Å². The Kier molecular flexibility index (Phi) is 5.54. The maximum absolute atomic E-state index is 5.76. The second-order valence-corrected chi connectivity index (χ2v) is 14.6. The molecule has 0 spiro atoms. The van der Waals surface area contributed by atoms with Crippen molar-refractivity contribution in [2.24, 2.45) is 0 Å². The van der Waals surface area contributed by atoms with Gasteiger partial charge in [-0.1, -0.05) is 0 Å². The van der Waals surface area contributed by atoms with Gasteiger partial charge in [0.25, 0.3) is 0 Å². The quantitative estimate of drug-likeness (QED) is 0.217. The van der Waals surface area contributed by atoms with Gasteiger partial charge in [0.2, 0.25) is 0 Å². The molecule has 3 heterocycles. The molecule has 0 aliphatic carbocycles. The minimum atomic E-state index is -1.48. The van der Waals surface area contributed by atoms with Gasteiger partial charge >= 0.3 is 229 Å². The number of aromatic nitrogens is 2. The summed E-state index contributed by atoms with van der Waals surface area (Å²) in [4.78, 5) is 9.83. The summed E-state index contributed by atoms with van der Waals surface area (Å²) in [6, 6.07) is 30.5. The molecule has 2 radical (unpaired) electrons. The number of aryl methyl sites for hydroxylation is 1. The van der Waals surface area contributed by atoms with Gasteiger partial charge in [-0.3, -0.25) is 0 Å². The zero-order valence-corrected chi connectivity index (χ0v) is 24.6. The predicted octanol–water partition coefficient (Wildman–Crippen LogP) is 5.99. The first-order chi connectivity index (χ1) is 18.2. The number of hydrogen-bond donors (Lipinski definition) is 0. The van der Waals surface area contributed by atoms with Crippen molar-refractivity contribution < 1.29 is 4.74 Å². The molecule has 0 unspecified atom stereocenters. The van der Waals surface area contributed by atoms with Crippen molar-refractivity contribution in [2.75, 3.05) is 7.11 Å². The van der Waals surface area contributed by atoms with Crippen molar-refractivity contribution in [1.29, 1.82) is 0 Å². The third-order valence-corrected chi connectivity index (χ3v) is 13.8. The summed E-state index contributed by atoms with van der Waals surface area (Å²) in [7, 11) is 1.76. The summed E-state index contributed by atoms with van der Waals surface area (Å²) < 4.78 is 8.82. The predicted molar refractivity (Wildman–Crippen MR) is 153 cm³/mol. The van der Waals surface area contributed by atoms with Crippen LogP contribution in [0.25, 0.3) is 44.1 Å². The first kappa shape index (κ1) is 22.6. The molecule has 4 heteroatoms. The van der Waals surface area contributed by atoms with Crippen molar-refractivity contribution >= 4 is 52.0 Å². The molecule has 2 aromatic heterocycles. The van der Waals surface area contributed by atoms with E-state index in [1.54, 1.807) is 10.2 Å². The number of fused-ring (bicyclic) bond motifs is 4. The van der Waals surface area contributed by atoms with Gasteiger partial charge < -0.3 is 0 Å². The van der Waals surface area contributed by atoms with Crippen LogP contribution in [0.2, 0.25) is 0 Å². The summed E-state index contributed by atoms with van der Waals surface area (Å²) >= 11 is -1.48. The molecule has 0 saturated heterocycles. The van der Waals surface area contributed by atoms with E-state index in [0.29, 0.717) is 0 Å². The van der Waals surface area contributed by atoms with E-state index in [1.165, 1.54) is 47.1 Å². The van der Waals surface area contributed by atoms with E-state index in [4.69, 9.17) is 14.7 Å². The van der Waals surface area contributed by atoms with E-state index in [1.807, 2.05) is 12.4 Å². The van der Waals surface area contributed by atoms with Crippen LogP contribution in [0.3, 0.4) is 0 Å². The molecule has 7 rings (SSSR count). The molecule has 3 nitrogen and oxygen atoms in total. The van der Waals surface area contributed by atoms with E-state index in [-0.39, 0.29) is 0 Å². The molecule has 6 aromatic rings. The van der Waals surface area contributed by atoms with Crippen LogP contribution in [-0.2, 0) is 6.42 Å². The number of ether oxygens (including phenoxy) is 1. The second-order valence-electron chi connectivity index (χ2n) is 9.69. The van der Waals surface area contributed by atoms with Crippen LogP contribution in [-0.4, -0.2) is 41.3 Å². The van der Waals surface area contributed by atoms with Gasteiger partial charge in [-0.15, -0.1) is 0 Å². The summed E-state index contributed by atoms with van der Waals surface area (Å²) in [5.74, 6) is 0.903. The zero-order valence-electron chi connectivity index (χ0n) is 20.7. The van der Waals surface area contributed by atoms with Gasteiger partial charge in [0.15, 0.2) is 0 Å². The Morgan fingerprint density at radius 3 is 1.78 bits per heavy atom. The molecule has 176 valence electrons. The van der Waals surface area contributed by atoms with Crippen molar-refractivity contribution in [3.63, 3.8) is 0 Å². The molecular formula is C33H24N2OPb. The fourth-order valence-electron chi connectivity index (χ4n) is 5.42. The maximum atomic E-state index is 5.76. The normalized spacial score (nSPS) is 12.4. The Labute approximate surface area is 228 Å². The minimum absolute atomic E-state index is 0.903. The molecule has 0 saturated carbocycles. The van der Waals surface area contributed by atoms with Crippen LogP contribution in [0.4, 0.5) is 0 Å². The summed E-state index contributed by atoms with van der Waals surface area (Å²) in [5, 5.41) is 4.79. The first-order valence-corrected chi connectivity index (χ1v) is 16.4. The Morgan fingerprint density at radius 1 is 0.649 bits per heavy atom. The Morgan fingerprint density at radius 2 is 1.19 bits per heavy atom. The molecule has 0 fully saturated rings. The van der Waals surface area contributed by atoms with Crippen LogP contribution >= 0.6 is 0 Å². The number of nitrogens with zero attached hydrogens (tertiary/aromatic N) is 2. The van der Waals surface area contributed by atoms with Gasteiger partial charge in [0, 0.05) is 0 Å². The van der Waals surface area contributed by atoms with Gasteiger partial charge in [0.05, 0.1) is 0 Å². The Hall–Kier alpha value is -3.58. The number of benzene rings is 4. The summed E-state index contributed by atoms with van der Waals surface area (Å²) in [5.41, 5.74) is 8.77. The third kappa shape index (κ3) is 4.02. The average molecular weight is 672 g/mol. The van der Waals surface area contributed by atoms with Crippen molar-refractivity contribution in [1.82, 2.24) is 9.97 Å². The molecule has 0 amide bonds. The van der Waals surface area contributed by atoms with E-state index >= 15 is 0 Å². The fourth-order valence-corrected chi connectivity index (χ4v) is 11.5. The number of pyridine rings is 2. The number of rotatable bonds is 3. The van der Waals surface area contributed by atoms with Crippen molar-refractivity contribution in [3.05, 3.63) is 114 Å². The topological polar surface area (TPSA) is 35.0 Å². The van der Waals surface area contributed by atoms with Gasteiger partial charge in [-0.25, -0.2) is 0 Å². The average Bonchev–Trinajstić information content (AvgIpc) is 2.94. The van der Waals surface area contributed by atoms with Gasteiger partial charge in [-0.2, -0.15) is 0 Å². The second kappa shape index (κ2) is 9.07. The van der Waals surface area contributed by atoms with E-state index in [9.17, 15) is 0 Å². The van der Waals surface area contributed by atoms with E-state index in [2.05, 4.69) is 91.9 Å². The molecule has 37 heavy (non-hydrogen) atoms. The fraction of sp³-hybridized carbons (Fsp3) is 0.0909. The van der Waals surface area contributed by atoms with Crippen LogP contribution in [0.1, 0.15) is 16.7 Å². The van der Waals surface area contributed by atoms with Crippen LogP contribution < -0.4 is 11.0 Å². The summed E-state index contributed by atoms with van der Waals surface area (Å²) in [6.45, 7) is 2.20. The molecule has 4 aromatic carbocycles. The van der Waals surface area contributed by atoms with Crippen molar-refractivity contribution in [3.8, 4) is 28.3 Å². The molecule has 0 N–H and O–H groups in total. The molecule has 1 aliphatic heterocycles. The molecular weight excluding hydrogens is 648 g/mol. The molecule has 1 aliphatic rings. The number of methoxy groups -OCH3 is 1. The van der Waals surface area contributed by atoms with Crippen molar-refractivity contribution in [2.45, 2.75) is 13.3 Å². The standard InChI is InChI=1S/C33H24N2O.Pb/c1-22-11-23(14-29(12-22)32-18-25-7-3-5-9-27(25)20-34-32)13-24-15-30(17-31(16-24)36-2)33-19-26-8-4-6-10-28(26)21-35-33;/h3-12,16-21H,13H2,1-2H3;. The monoisotopic (exact) mass is 672 g/mol. The Balaban J connectivity index is 1.41. The van der Waals surface area contributed by atoms with Gasteiger partial charge in [-0.05, 0) is 0 Å². The van der Waals surface area contributed by atoms with E-state index in [0.717, 1.165) is 28.9 Å². The molecule has 0 atom stereocenters. The first-order valence-electron chi connectivity index (χ1n) is 12.5. The third-order valence-electron chi connectivity index (χ3n) is 7.24. The van der Waals surface area contributed by atoms with Crippen LogP contribution in [0, 0.1) is 6.92 Å². The van der Waals surface area contributed by atoms with Crippen LogP contribution in [0.15, 0.2) is 97.3 Å².